The maximum atomic E-state index is 12.7. The van der Waals surface area contributed by atoms with E-state index >= 15 is 0 Å². The van der Waals surface area contributed by atoms with Gasteiger partial charge in [-0.1, -0.05) is 12.1 Å². The molecule has 0 fully saturated rings. The molecule has 0 unspecified atom stereocenters. The lowest BCUT2D eigenvalue weighted by Crippen LogP contribution is -1.99. The molecule has 3 nitrogen and oxygen atoms in total. The van der Waals surface area contributed by atoms with Crippen molar-refractivity contribution in [2.24, 2.45) is 0 Å². The number of aryl methyl sites for hydroxylation is 1. The molecule has 24 heavy (non-hydrogen) atoms. The number of carbonyl (C=O) groups excluding carboxylic acids is 1. The number of carbonyl (C=O) groups is 1. The summed E-state index contributed by atoms with van der Waals surface area (Å²) in [5, 5.41) is 0. The van der Waals surface area contributed by atoms with Crippen LogP contribution in [0.15, 0.2) is 54.6 Å². The molecule has 0 spiro atoms. The quantitative estimate of drug-likeness (QED) is 0.616. The van der Waals surface area contributed by atoms with E-state index < -0.39 is 0 Å². The standard InChI is InChI=1S/C20H18O3S/c1-13-4-5-15(12-17(13)23-3)20(21)19-11-10-18(24-19)14-6-8-16(22-2)9-7-14/h4-12H,1-3H3. The van der Waals surface area contributed by atoms with Crippen LogP contribution in [-0.4, -0.2) is 20.0 Å². The molecule has 0 amide bonds. The lowest BCUT2D eigenvalue weighted by Gasteiger charge is -2.06. The van der Waals surface area contributed by atoms with E-state index in [1.807, 2.05) is 55.5 Å². The van der Waals surface area contributed by atoms with Gasteiger partial charge in [0, 0.05) is 10.4 Å². The summed E-state index contributed by atoms with van der Waals surface area (Å²) in [6.45, 7) is 1.96. The van der Waals surface area contributed by atoms with Crippen LogP contribution >= 0.6 is 11.3 Å². The SMILES string of the molecule is COc1ccc(-c2ccc(C(=O)c3ccc(C)c(OC)c3)s2)cc1. The highest BCUT2D eigenvalue weighted by molar-refractivity contribution is 7.17. The van der Waals surface area contributed by atoms with E-state index in [0.717, 1.165) is 27.5 Å². The van der Waals surface area contributed by atoms with Gasteiger partial charge in [0.25, 0.3) is 0 Å². The van der Waals surface area contributed by atoms with Gasteiger partial charge in [-0.05, 0) is 60.5 Å². The number of benzene rings is 2. The van der Waals surface area contributed by atoms with Crippen molar-refractivity contribution in [1.82, 2.24) is 0 Å². The molecule has 1 aromatic heterocycles. The molecule has 122 valence electrons. The van der Waals surface area contributed by atoms with E-state index in [1.165, 1.54) is 11.3 Å². The molecule has 3 aromatic rings. The van der Waals surface area contributed by atoms with Crippen molar-refractivity contribution < 1.29 is 14.3 Å². The molecule has 0 aliphatic rings. The van der Waals surface area contributed by atoms with Crippen molar-refractivity contribution >= 4 is 17.1 Å². The summed E-state index contributed by atoms with van der Waals surface area (Å²) in [5.41, 5.74) is 2.72. The molecular formula is C20H18O3S. The molecule has 0 saturated carbocycles. The Morgan fingerprint density at radius 1 is 0.917 bits per heavy atom. The van der Waals surface area contributed by atoms with Gasteiger partial charge in [-0.2, -0.15) is 0 Å². The normalized spacial score (nSPS) is 10.5. The van der Waals surface area contributed by atoms with E-state index in [9.17, 15) is 4.79 Å². The van der Waals surface area contributed by atoms with Gasteiger partial charge in [-0.15, -0.1) is 11.3 Å². The first-order valence-corrected chi connectivity index (χ1v) is 8.37. The van der Waals surface area contributed by atoms with Gasteiger partial charge in [0.15, 0.2) is 0 Å². The first-order valence-electron chi connectivity index (χ1n) is 7.56. The third kappa shape index (κ3) is 3.19. The van der Waals surface area contributed by atoms with Gasteiger partial charge in [-0.25, -0.2) is 0 Å². The minimum Gasteiger partial charge on any atom is -0.497 e. The Morgan fingerprint density at radius 2 is 1.67 bits per heavy atom. The first-order chi connectivity index (χ1) is 11.6. The fraction of sp³-hybridized carbons (Fsp3) is 0.150. The first kappa shape index (κ1) is 16.3. The largest absolute Gasteiger partial charge is 0.497 e. The summed E-state index contributed by atoms with van der Waals surface area (Å²) >= 11 is 1.49. The Hall–Kier alpha value is -2.59. The second-order valence-corrected chi connectivity index (χ2v) is 6.49. The lowest BCUT2D eigenvalue weighted by atomic mass is 10.1. The van der Waals surface area contributed by atoms with E-state index in [0.29, 0.717) is 10.4 Å². The Labute approximate surface area is 145 Å². The fourth-order valence-electron chi connectivity index (χ4n) is 2.47. The molecule has 4 heteroatoms. The number of methoxy groups -OCH3 is 2. The number of rotatable bonds is 5. The fourth-order valence-corrected chi connectivity index (χ4v) is 3.45. The summed E-state index contributed by atoms with van der Waals surface area (Å²) < 4.78 is 10.5. The molecule has 0 N–H and O–H groups in total. The molecule has 3 rings (SSSR count). The third-order valence-electron chi connectivity index (χ3n) is 3.87. The predicted molar refractivity (Wildman–Crippen MR) is 97.5 cm³/mol. The zero-order valence-electron chi connectivity index (χ0n) is 13.8. The average molecular weight is 338 g/mol. The molecule has 2 aromatic carbocycles. The zero-order valence-corrected chi connectivity index (χ0v) is 14.6. The number of hydrogen-bond donors (Lipinski definition) is 0. The Morgan fingerprint density at radius 3 is 2.33 bits per heavy atom. The maximum Gasteiger partial charge on any atom is 0.203 e. The lowest BCUT2D eigenvalue weighted by molar-refractivity contribution is 0.104. The third-order valence-corrected chi connectivity index (χ3v) is 5.01. The van der Waals surface area contributed by atoms with Crippen molar-refractivity contribution in [2.45, 2.75) is 6.92 Å². The van der Waals surface area contributed by atoms with Gasteiger partial charge in [-0.3, -0.25) is 4.79 Å². The Bertz CT molecular complexity index is 863. The second kappa shape index (κ2) is 6.89. The predicted octanol–water partition coefficient (Wildman–Crippen LogP) is 4.97. The van der Waals surface area contributed by atoms with Crippen LogP contribution in [0.3, 0.4) is 0 Å². The van der Waals surface area contributed by atoms with Crippen LogP contribution in [-0.2, 0) is 0 Å². The van der Waals surface area contributed by atoms with Crippen LogP contribution in [0, 0.1) is 6.92 Å². The number of thiophene rings is 1. The van der Waals surface area contributed by atoms with Gasteiger partial charge in [0.1, 0.15) is 11.5 Å². The van der Waals surface area contributed by atoms with Crippen LogP contribution in [0.25, 0.3) is 10.4 Å². The van der Waals surface area contributed by atoms with Crippen molar-refractivity contribution in [3.63, 3.8) is 0 Å². The van der Waals surface area contributed by atoms with Gasteiger partial charge < -0.3 is 9.47 Å². The topological polar surface area (TPSA) is 35.5 Å². The molecule has 0 saturated heterocycles. The minimum atomic E-state index is 0.0121. The monoisotopic (exact) mass is 338 g/mol. The van der Waals surface area contributed by atoms with E-state index in [2.05, 4.69) is 0 Å². The molecule has 0 atom stereocenters. The van der Waals surface area contributed by atoms with Crippen molar-refractivity contribution in [2.75, 3.05) is 14.2 Å². The van der Waals surface area contributed by atoms with Crippen molar-refractivity contribution in [3.05, 3.63) is 70.6 Å². The number of ether oxygens (including phenoxy) is 2. The summed E-state index contributed by atoms with van der Waals surface area (Å²) in [6.07, 6.45) is 0. The van der Waals surface area contributed by atoms with E-state index in [1.54, 1.807) is 20.3 Å². The molecule has 1 heterocycles. The highest BCUT2D eigenvalue weighted by atomic mass is 32.1. The summed E-state index contributed by atoms with van der Waals surface area (Å²) in [6, 6.07) is 17.2. The highest BCUT2D eigenvalue weighted by Crippen LogP contribution is 2.31. The Balaban J connectivity index is 1.88. The molecule has 0 bridgehead atoms. The van der Waals surface area contributed by atoms with E-state index in [4.69, 9.17) is 9.47 Å². The van der Waals surface area contributed by atoms with Crippen molar-refractivity contribution in [3.8, 4) is 21.9 Å². The minimum absolute atomic E-state index is 0.0121. The zero-order chi connectivity index (χ0) is 17.1. The van der Waals surface area contributed by atoms with Crippen LogP contribution in [0.5, 0.6) is 11.5 Å². The van der Waals surface area contributed by atoms with Crippen LogP contribution < -0.4 is 9.47 Å². The number of hydrogen-bond acceptors (Lipinski definition) is 4. The maximum absolute atomic E-state index is 12.7. The highest BCUT2D eigenvalue weighted by Gasteiger charge is 2.14. The van der Waals surface area contributed by atoms with Crippen molar-refractivity contribution in [1.29, 1.82) is 0 Å². The number of ketones is 1. The molecule has 0 aliphatic carbocycles. The molecular weight excluding hydrogens is 320 g/mol. The smallest absolute Gasteiger partial charge is 0.203 e. The van der Waals surface area contributed by atoms with Crippen LogP contribution in [0.2, 0.25) is 0 Å². The van der Waals surface area contributed by atoms with Crippen LogP contribution in [0.1, 0.15) is 20.8 Å². The summed E-state index contributed by atoms with van der Waals surface area (Å²) in [7, 11) is 3.26. The van der Waals surface area contributed by atoms with Gasteiger partial charge in [0.2, 0.25) is 5.78 Å². The van der Waals surface area contributed by atoms with E-state index in [-0.39, 0.29) is 5.78 Å². The van der Waals surface area contributed by atoms with Gasteiger partial charge in [0.05, 0.1) is 19.1 Å². The summed E-state index contributed by atoms with van der Waals surface area (Å²) in [5.74, 6) is 1.56. The van der Waals surface area contributed by atoms with Crippen LogP contribution in [0.4, 0.5) is 0 Å². The Kier molecular flexibility index (Phi) is 4.67. The summed E-state index contributed by atoms with van der Waals surface area (Å²) in [4.78, 5) is 14.5. The molecule has 0 radical (unpaired) electrons. The van der Waals surface area contributed by atoms with Gasteiger partial charge >= 0.3 is 0 Å². The molecule has 0 aliphatic heterocycles. The average Bonchev–Trinajstić information content (AvgIpc) is 3.11. The second-order valence-electron chi connectivity index (χ2n) is 5.41.